The largest absolute Gasteiger partial charge is 0.307 e. The Hall–Kier alpha value is -1.29. The van der Waals surface area contributed by atoms with Crippen LogP contribution in [-0.4, -0.2) is 6.79 Å². The highest BCUT2D eigenvalue weighted by Crippen LogP contribution is 2.17. The summed E-state index contributed by atoms with van der Waals surface area (Å²) >= 11 is 1.47. The van der Waals surface area contributed by atoms with Crippen molar-refractivity contribution in [3.05, 3.63) is 30.4 Å². The van der Waals surface area contributed by atoms with Crippen molar-refractivity contribution in [2.75, 3.05) is 0 Å². The van der Waals surface area contributed by atoms with E-state index in [0.717, 1.165) is 5.06 Å². The van der Waals surface area contributed by atoms with Gasteiger partial charge in [0.1, 0.15) is 13.1 Å². The molecular formula is C7H8O3S. The standard InChI is InChI=1S/C6H6O2S.CH2O/c1-2-7-8-6-4-3-5-9-6;1-2/h2-5H,1H2;1H2. The van der Waals surface area contributed by atoms with Gasteiger partial charge in [0.2, 0.25) is 5.06 Å². The Labute approximate surface area is 68.8 Å². The molecule has 0 aliphatic carbocycles. The van der Waals surface area contributed by atoms with Crippen molar-refractivity contribution < 1.29 is 14.6 Å². The highest BCUT2D eigenvalue weighted by atomic mass is 32.1. The molecule has 0 saturated heterocycles. The molecule has 1 heterocycles. The van der Waals surface area contributed by atoms with E-state index in [9.17, 15) is 0 Å². The molecular weight excluding hydrogens is 164 g/mol. The van der Waals surface area contributed by atoms with Crippen LogP contribution in [0.1, 0.15) is 0 Å². The molecule has 0 unspecified atom stereocenters. The second-order valence-corrected chi connectivity index (χ2v) is 2.19. The van der Waals surface area contributed by atoms with Gasteiger partial charge < -0.3 is 4.79 Å². The normalized spacial score (nSPS) is 7.27. The molecule has 3 nitrogen and oxygen atoms in total. The zero-order chi connectivity index (χ0) is 8.53. The van der Waals surface area contributed by atoms with E-state index in [2.05, 4.69) is 11.5 Å². The molecule has 0 N–H and O–H groups in total. The molecule has 11 heavy (non-hydrogen) atoms. The molecule has 4 heteroatoms. The number of hydrogen-bond donors (Lipinski definition) is 0. The SMILES string of the molecule is C=COOc1cccs1.C=O. The van der Waals surface area contributed by atoms with Gasteiger partial charge in [-0.05, 0) is 17.5 Å². The maximum absolute atomic E-state index is 8.00. The summed E-state index contributed by atoms with van der Waals surface area (Å²) < 4.78 is 0. The first-order valence-corrected chi connectivity index (χ1v) is 3.58. The lowest BCUT2D eigenvalue weighted by atomic mass is 10.7. The first-order valence-electron chi connectivity index (χ1n) is 2.70. The lowest BCUT2D eigenvalue weighted by Crippen LogP contribution is -1.84. The van der Waals surface area contributed by atoms with Crippen molar-refractivity contribution in [3.63, 3.8) is 0 Å². The van der Waals surface area contributed by atoms with Crippen LogP contribution in [0, 0.1) is 0 Å². The third-order valence-corrected chi connectivity index (χ3v) is 1.42. The topological polar surface area (TPSA) is 35.5 Å². The third-order valence-electron chi connectivity index (χ3n) is 0.693. The quantitative estimate of drug-likeness (QED) is 0.397. The lowest BCUT2D eigenvalue weighted by molar-refractivity contribution is -0.145. The van der Waals surface area contributed by atoms with E-state index < -0.39 is 0 Å². The minimum absolute atomic E-state index is 0.731. The van der Waals surface area contributed by atoms with E-state index in [1.165, 1.54) is 17.6 Å². The van der Waals surface area contributed by atoms with Gasteiger partial charge in [0.05, 0.1) is 0 Å². The van der Waals surface area contributed by atoms with Crippen LogP contribution in [0.5, 0.6) is 5.06 Å². The molecule has 1 aromatic heterocycles. The number of carbonyl (C=O) groups is 1. The van der Waals surface area contributed by atoms with E-state index in [1.807, 2.05) is 24.3 Å². The molecule has 0 amide bonds. The van der Waals surface area contributed by atoms with Gasteiger partial charge in [0.25, 0.3) is 0 Å². The summed E-state index contributed by atoms with van der Waals surface area (Å²) in [6.45, 7) is 5.32. The molecule has 0 spiro atoms. The van der Waals surface area contributed by atoms with Crippen molar-refractivity contribution in [3.8, 4) is 5.06 Å². The predicted molar refractivity (Wildman–Crippen MR) is 43.4 cm³/mol. The molecule has 0 radical (unpaired) electrons. The minimum Gasteiger partial charge on any atom is -0.307 e. The Kier molecular flexibility index (Phi) is 6.02. The van der Waals surface area contributed by atoms with Crippen molar-refractivity contribution in [2.24, 2.45) is 0 Å². The molecule has 0 fully saturated rings. The third kappa shape index (κ3) is 4.16. The average Bonchev–Trinajstić information content (AvgIpc) is 2.57. The molecule has 60 valence electrons. The van der Waals surface area contributed by atoms with Crippen molar-refractivity contribution in [1.29, 1.82) is 0 Å². The molecule has 1 rings (SSSR count). The first kappa shape index (κ1) is 9.71. The van der Waals surface area contributed by atoms with Gasteiger partial charge in [0.15, 0.2) is 0 Å². The fourth-order valence-corrected chi connectivity index (χ4v) is 0.919. The van der Waals surface area contributed by atoms with Gasteiger partial charge in [-0.3, -0.25) is 9.78 Å². The zero-order valence-electron chi connectivity index (χ0n) is 5.86. The Morgan fingerprint density at radius 2 is 2.27 bits per heavy atom. The summed E-state index contributed by atoms with van der Waals surface area (Å²) in [6.07, 6.45) is 1.24. The van der Waals surface area contributed by atoms with Crippen LogP contribution in [0.3, 0.4) is 0 Å². The Balaban J connectivity index is 0.000000461. The van der Waals surface area contributed by atoms with Crippen LogP contribution in [0.2, 0.25) is 0 Å². The Bertz CT molecular complexity index is 184. The summed E-state index contributed by atoms with van der Waals surface area (Å²) in [7, 11) is 0. The lowest BCUT2D eigenvalue weighted by Gasteiger charge is -1.94. The summed E-state index contributed by atoms with van der Waals surface area (Å²) in [5, 5.41) is 2.64. The first-order chi connectivity index (χ1) is 5.43. The smallest absolute Gasteiger partial charge is 0.232 e. The number of thiophene rings is 1. The fraction of sp³-hybridized carbons (Fsp3) is 0. The monoisotopic (exact) mass is 172 g/mol. The molecule has 0 atom stereocenters. The number of carbonyl (C=O) groups excluding carboxylic acids is 1. The molecule has 0 aromatic carbocycles. The van der Waals surface area contributed by atoms with Crippen LogP contribution in [0.25, 0.3) is 0 Å². The maximum Gasteiger partial charge on any atom is 0.232 e. The molecule has 0 saturated carbocycles. The van der Waals surface area contributed by atoms with Crippen LogP contribution in [0.4, 0.5) is 0 Å². The van der Waals surface area contributed by atoms with Crippen molar-refractivity contribution >= 4 is 18.1 Å². The second-order valence-electron chi connectivity index (χ2n) is 1.28. The molecule has 1 aromatic rings. The molecule has 0 aliphatic heterocycles. The summed E-state index contributed by atoms with van der Waals surface area (Å²) in [5.41, 5.74) is 0. The van der Waals surface area contributed by atoms with Gasteiger partial charge >= 0.3 is 0 Å². The molecule has 0 aliphatic rings. The summed E-state index contributed by atoms with van der Waals surface area (Å²) in [4.78, 5) is 17.1. The second kappa shape index (κ2) is 6.82. The predicted octanol–water partition coefficient (Wildman–Crippen LogP) is 2.02. The van der Waals surface area contributed by atoms with E-state index >= 15 is 0 Å². The minimum atomic E-state index is 0.731. The van der Waals surface area contributed by atoms with Gasteiger partial charge in [-0.1, -0.05) is 6.58 Å². The van der Waals surface area contributed by atoms with E-state index in [1.54, 1.807) is 0 Å². The van der Waals surface area contributed by atoms with E-state index in [4.69, 9.17) is 9.68 Å². The van der Waals surface area contributed by atoms with Gasteiger partial charge in [0, 0.05) is 0 Å². The highest BCUT2D eigenvalue weighted by molar-refractivity contribution is 7.11. The zero-order valence-corrected chi connectivity index (χ0v) is 6.67. The average molecular weight is 172 g/mol. The van der Waals surface area contributed by atoms with Gasteiger partial charge in [-0.15, -0.1) is 11.3 Å². The highest BCUT2D eigenvalue weighted by Gasteiger charge is 1.89. The molecule has 0 bridgehead atoms. The maximum atomic E-state index is 8.00. The van der Waals surface area contributed by atoms with Crippen LogP contribution >= 0.6 is 11.3 Å². The van der Waals surface area contributed by atoms with Crippen LogP contribution in [0.15, 0.2) is 30.4 Å². The van der Waals surface area contributed by atoms with Crippen molar-refractivity contribution in [1.82, 2.24) is 0 Å². The summed E-state index contributed by atoms with van der Waals surface area (Å²) in [5.74, 6) is 0. The van der Waals surface area contributed by atoms with Crippen LogP contribution in [-0.2, 0) is 9.68 Å². The number of rotatable bonds is 3. The van der Waals surface area contributed by atoms with Gasteiger partial charge in [-0.2, -0.15) is 0 Å². The fourth-order valence-electron chi connectivity index (χ4n) is 0.392. The Morgan fingerprint density at radius 3 is 2.73 bits per heavy atom. The van der Waals surface area contributed by atoms with E-state index in [-0.39, 0.29) is 0 Å². The van der Waals surface area contributed by atoms with Crippen molar-refractivity contribution in [2.45, 2.75) is 0 Å². The number of hydrogen-bond acceptors (Lipinski definition) is 4. The summed E-state index contributed by atoms with van der Waals surface area (Å²) in [6, 6.07) is 3.70. The van der Waals surface area contributed by atoms with Gasteiger partial charge in [-0.25, -0.2) is 0 Å². The van der Waals surface area contributed by atoms with Crippen LogP contribution < -0.4 is 4.89 Å². The Morgan fingerprint density at radius 1 is 1.55 bits per heavy atom. The van der Waals surface area contributed by atoms with E-state index in [0.29, 0.717) is 0 Å².